The number of carbonyl (C=O) groups excluding carboxylic acids is 1. The lowest BCUT2D eigenvalue weighted by Crippen LogP contribution is -2.39. The summed E-state index contributed by atoms with van der Waals surface area (Å²) < 4.78 is 18.6. The molecule has 0 fully saturated rings. The third-order valence-corrected chi connectivity index (χ3v) is 4.74. The van der Waals surface area contributed by atoms with Crippen molar-refractivity contribution in [1.82, 2.24) is 9.88 Å². The van der Waals surface area contributed by atoms with E-state index in [1.807, 2.05) is 38.1 Å². The van der Waals surface area contributed by atoms with Crippen molar-refractivity contribution in [2.45, 2.75) is 26.4 Å². The molecular weight excluding hydrogens is 381 g/mol. The molecule has 0 aliphatic rings. The predicted molar refractivity (Wildman–Crippen MR) is 109 cm³/mol. The Labute approximate surface area is 168 Å². The molecule has 0 aliphatic heterocycles. The second-order valence-electron chi connectivity index (χ2n) is 6.61. The van der Waals surface area contributed by atoms with Gasteiger partial charge in [-0.1, -0.05) is 29.8 Å². The van der Waals surface area contributed by atoms with Gasteiger partial charge in [-0.25, -0.2) is 14.2 Å². The Morgan fingerprint density at radius 2 is 1.96 bits per heavy atom. The molecule has 2 amide bonds. The van der Waals surface area contributed by atoms with E-state index in [1.54, 1.807) is 18.2 Å². The highest BCUT2D eigenvalue weighted by molar-refractivity contribution is 6.33. The maximum absolute atomic E-state index is 13.2. The molecule has 1 heterocycles. The molecular formula is C21H21ClFN3O2. The molecule has 0 bridgehead atoms. The lowest BCUT2D eigenvalue weighted by Gasteiger charge is -2.28. The number of hydrogen-bond donors (Lipinski definition) is 1. The van der Waals surface area contributed by atoms with Crippen LogP contribution in [-0.4, -0.2) is 29.1 Å². The van der Waals surface area contributed by atoms with E-state index in [9.17, 15) is 9.18 Å². The zero-order valence-electron chi connectivity index (χ0n) is 15.9. The monoisotopic (exact) mass is 401 g/mol. The van der Waals surface area contributed by atoms with Gasteiger partial charge in [-0.05, 0) is 49.1 Å². The van der Waals surface area contributed by atoms with Crippen molar-refractivity contribution in [3.8, 4) is 5.88 Å². The number of halogens is 2. The van der Waals surface area contributed by atoms with Crippen LogP contribution in [0.4, 0.5) is 14.9 Å². The molecule has 0 unspecified atom stereocenters. The van der Waals surface area contributed by atoms with E-state index >= 15 is 0 Å². The van der Waals surface area contributed by atoms with E-state index in [4.69, 9.17) is 16.3 Å². The minimum absolute atomic E-state index is 0.0833. The first-order valence-corrected chi connectivity index (χ1v) is 9.21. The summed E-state index contributed by atoms with van der Waals surface area (Å²) in [6, 6.07) is 11.2. The number of rotatable bonds is 5. The van der Waals surface area contributed by atoms with Crippen LogP contribution in [0.5, 0.6) is 5.88 Å². The second-order valence-corrected chi connectivity index (χ2v) is 7.02. The highest BCUT2D eigenvalue weighted by atomic mass is 35.5. The maximum atomic E-state index is 13.2. The third-order valence-electron chi connectivity index (χ3n) is 4.43. The van der Waals surface area contributed by atoms with Gasteiger partial charge in [-0.2, -0.15) is 0 Å². The summed E-state index contributed by atoms with van der Waals surface area (Å²) in [5.41, 5.74) is 1.25. The molecule has 1 aromatic heterocycles. The van der Waals surface area contributed by atoms with Crippen LogP contribution in [0, 0.1) is 5.82 Å². The molecule has 146 valence electrons. The highest BCUT2D eigenvalue weighted by Gasteiger charge is 2.20. The average molecular weight is 402 g/mol. The molecule has 0 radical (unpaired) electrons. The van der Waals surface area contributed by atoms with Crippen molar-refractivity contribution in [2.75, 3.05) is 12.4 Å². The van der Waals surface area contributed by atoms with Crippen LogP contribution in [0.15, 0.2) is 48.7 Å². The van der Waals surface area contributed by atoms with Gasteiger partial charge in [0.1, 0.15) is 5.82 Å². The lowest BCUT2D eigenvalue weighted by atomic mass is 10.1. The number of nitrogens with one attached hydrogen (secondary N) is 1. The highest BCUT2D eigenvalue weighted by Crippen LogP contribution is 2.28. The van der Waals surface area contributed by atoms with E-state index in [2.05, 4.69) is 10.3 Å². The fourth-order valence-electron chi connectivity index (χ4n) is 2.96. The number of carbonyl (C=O) groups is 1. The fourth-order valence-corrected chi connectivity index (χ4v) is 3.18. The van der Waals surface area contributed by atoms with E-state index in [-0.39, 0.29) is 17.1 Å². The SMILES string of the molecule is COc1ncc(CN(C(=O)Nc2ccc(F)cc2Cl)C(C)C)c2ccccc12. The normalized spacial score (nSPS) is 10.9. The van der Waals surface area contributed by atoms with Gasteiger partial charge in [0.25, 0.3) is 0 Å². The number of aromatic nitrogens is 1. The second kappa shape index (κ2) is 8.44. The largest absolute Gasteiger partial charge is 0.481 e. The summed E-state index contributed by atoms with van der Waals surface area (Å²) in [7, 11) is 1.58. The van der Waals surface area contributed by atoms with Crippen LogP contribution in [0.25, 0.3) is 10.8 Å². The molecule has 0 spiro atoms. The zero-order valence-corrected chi connectivity index (χ0v) is 16.6. The number of methoxy groups -OCH3 is 1. The number of anilines is 1. The Morgan fingerprint density at radius 1 is 1.25 bits per heavy atom. The smallest absolute Gasteiger partial charge is 0.322 e. The Morgan fingerprint density at radius 3 is 2.61 bits per heavy atom. The Bertz CT molecular complexity index is 1010. The van der Waals surface area contributed by atoms with E-state index in [0.717, 1.165) is 22.4 Å². The molecule has 3 aromatic rings. The quantitative estimate of drug-likeness (QED) is 0.616. The van der Waals surface area contributed by atoms with E-state index in [0.29, 0.717) is 18.1 Å². The van der Waals surface area contributed by atoms with Crippen molar-refractivity contribution in [3.05, 3.63) is 65.1 Å². The Hall–Kier alpha value is -2.86. The van der Waals surface area contributed by atoms with Gasteiger partial charge in [0.05, 0.1) is 17.8 Å². The number of pyridine rings is 1. The number of benzene rings is 2. The van der Waals surface area contributed by atoms with Crippen LogP contribution in [0.2, 0.25) is 5.02 Å². The van der Waals surface area contributed by atoms with Crippen molar-refractivity contribution in [3.63, 3.8) is 0 Å². The molecule has 2 aromatic carbocycles. The van der Waals surface area contributed by atoms with Crippen molar-refractivity contribution in [2.24, 2.45) is 0 Å². The molecule has 28 heavy (non-hydrogen) atoms. The van der Waals surface area contributed by atoms with Crippen LogP contribution >= 0.6 is 11.6 Å². The number of nitrogens with zero attached hydrogens (tertiary/aromatic N) is 2. The lowest BCUT2D eigenvalue weighted by molar-refractivity contribution is 0.194. The third kappa shape index (κ3) is 4.17. The van der Waals surface area contributed by atoms with Gasteiger partial charge in [-0.3, -0.25) is 0 Å². The van der Waals surface area contributed by atoms with Crippen LogP contribution in [0.1, 0.15) is 19.4 Å². The van der Waals surface area contributed by atoms with Gasteiger partial charge in [-0.15, -0.1) is 0 Å². The average Bonchev–Trinajstić information content (AvgIpc) is 2.67. The van der Waals surface area contributed by atoms with E-state index < -0.39 is 5.82 Å². The Balaban J connectivity index is 1.89. The number of fused-ring (bicyclic) bond motifs is 1. The first-order chi connectivity index (χ1) is 13.4. The summed E-state index contributed by atoms with van der Waals surface area (Å²) in [5.74, 6) is 0.0810. The van der Waals surface area contributed by atoms with Crippen LogP contribution in [-0.2, 0) is 6.54 Å². The van der Waals surface area contributed by atoms with Crippen LogP contribution < -0.4 is 10.1 Å². The molecule has 0 atom stereocenters. The molecule has 1 N–H and O–H groups in total. The first-order valence-electron chi connectivity index (χ1n) is 8.84. The Kier molecular flexibility index (Phi) is 5.99. The summed E-state index contributed by atoms with van der Waals surface area (Å²) in [5, 5.41) is 4.75. The summed E-state index contributed by atoms with van der Waals surface area (Å²) in [6.45, 7) is 4.19. The van der Waals surface area contributed by atoms with Crippen molar-refractivity contribution < 1.29 is 13.9 Å². The summed E-state index contributed by atoms with van der Waals surface area (Å²) in [6.07, 6.45) is 1.72. The van der Waals surface area contributed by atoms with Gasteiger partial charge in [0, 0.05) is 24.2 Å². The molecule has 5 nitrogen and oxygen atoms in total. The molecule has 0 saturated carbocycles. The van der Waals surface area contributed by atoms with Crippen molar-refractivity contribution >= 4 is 34.1 Å². The molecule has 0 aliphatic carbocycles. The molecule has 0 saturated heterocycles. The standard InChI is InChI=1S/C21H21ClFN3O2/c1-13(2)26(21(27)25-19-9-8-15(23)10-18(19)22)12-14-11-24-20(28-3)17-7-5-4-6-16(14)17/h4-11,13H,12H2,1-3H3,(H,25,27). The number of hydrogen-bond acceptors (Lipinski definition) is 3. The minimum Gasteiger partial charge on any atom is -0.481 e. The first kappa shape index (κ1) is 19.9. The summed E-state index contributed by atoms with van der Waals surface area (Å²) >= 11 is 6.03. The van der Waals surface area contributed by atoms with Gasteiger partial charge in [0.15, 0.2) is 0 Å². The van der Waals surface area contributed by atoms with Gasteiger partial charge in [0.2, 0.25) is 5.88 Å². The maximum Gasteiger partial charge on any atom is 0.322 e. The predicted octanol–water partition coefficient (Wildman–Crippen LogP) is 5.48. The fraction of sp³-hybridized carbons (Fsp3) is 0.238. The van der Waals surface area contributed by atoms with Crippen LogP contribution in [0.3, 0.4) is 0 Å². The zero-order chi connectivity index (χ0) is 20.3. The van der Waals surface area contributed by atoms with E-state index in [1.165, 1.54) is 12.1 Å². The minimum atomic E-state index is -0.459. The molecule has 3 rings (SSSR count). The summed E-state index contributed by atoms with van der Waals surface area (Å²) in [4.78, 5) is 18.9. The van der Waals surface area contributed by atoms with Gasteiger partial charge < -0.3 is 15.0 Å². The number of ether oxygens (including phenoxy) is 1. The topological polar surface area (TPSA) is 54.5 Å². The van der Waals surface area contributed by atoms with Crippen molar-refractivity contribution in [1.29, 1.82) is 0 Å². The number of urea groups is 1. The van der Waals surface area contributed by atoms with Gasteiger partial charge >= 0.3 is 6.03 Å². The number of amides is 2. The molecule has 7 heteroatoms.